The average Bonchev–Trinajstić information content (AvgIpc) is 3.04. The molecule has 4 nitrogen and oxygen atoms in total. The Labute approximate surface area is 148 Å². The lowest BCUT2D eigenvalue weighted by Crippen LogP contribution is -2.39. The second-order valence-electron chi connectivity index (χ2n) is 6.83. The summed E-state index contributed by atoms with van der Waals surface area (Å²) in [5.74, 6) is 0.347. The summed E-state index contributed by atoms with van der Waals surface area (Å²) in [7, 11) is 4.09. The third kappa shape index (κ3) is 4.48. The fourth-order valence-corrected chi connectivity index (χ4v) is 4.23. The highest BCUT2D eigenvalue weighted by Gasteiger charge is 2.23. The first-order valence-corrected chi connectivity index (χ1v) is 9.57. The molecule has 1 aliphatic rings. The van der Waals surface area contributed by atoms with E-state index in [0.717, 1.165) is 18.1 Å². The van der Waals surface area contributed by atoms with Crippen LogP contribution in [-0.2, 0) is 13.0 Å². The van der Waals surface area contributed by atoms with Crippen molar-refractivity contribution in [1.29, 1.82) is 0 Å². The molecule has 1 atom stereocenters. The Morgan fingerprint density at radius 3 is 2.75 bits per heavy atom. The van der Waals surface area contributed by atoms with Gasteiger partial charge in [-0.1, -0.05) is 18.6 Å². The molecule has 0 amide bonds. The largest absolute Gasteiger partial charge is 0.508 e. The van der Waals surface area contributed by atoms with Crippen LogP contribution in [0.15, 0.2) is 30.5 Å². The third-order valence-electron chi connectivity index (χ3n) is 4.73. The number of rotatable bonds is 6. The Morgan fingerprint density at radius 1 is 1.25 bits per heavy atom. The summed E-state index contributed by atoms with van der Waals surface area (Å²) in [6.45, 7) is 2.21. The van der Waals surface area contributed by atoms with Crippen molar-refractivity contribution in [3.05, 3.63) is 40.9 Å². The smallest absolute Gasteiger partial charge is 0.185 e. The van der Waals surface area contributed by atoms with Gasteiger partial charge in [0, 0.05) is 37.8 Å². The van der Waals surface area contributed by atoms with Crippen molar-refractivity contribution in [2.75, 3.05) is 25.5 Å². The van der Waals surface area contributed by atoms with Crippen molar-refractivity contribution < 1.29 is 5.11 Å². The normalized spacial score (nSPS) is 18.7. The van der Waals surface area contributed by atoms with Crippen molar-refractivity contribution in [3.63, 3.8) is 0 Å². The predicted molar refractivity (Wildman–Crippen MR) is 101 cm³/mol. The zero-order valence-electron chi connectivity index (χ0n) is 14.6. The van der Waals surface area contributed by atoms with Crippen LogP contribution in [0.5, 0.6) is 5.75 Å². The van der Waals surface area contributed by atoms with E-state index in [1.54, 1.807) is 23.5 Å². The van der Waals surface area contributed by atoms with Crippen molar-refractivity contribution >= 4 is 16.5 Å². The maximum absolute atomic E-state index is 9.40. The Bertz CT molecular complexity index is 638. The first kappa shape index (κ1) is 17.2. The van der Waals surface area contributed by atoms with E-state index in [4.69, 9.17) is 0 Å². The topological polar surface area (TPSA) is 39.6 Å². The highest BCUT2D eigenvalue weighted by Crippen LogP contribution is 2.27. The zero-order chi connectivity index (χ0) is 16.9. The third-order valence-corrected chi connectivity index (χ3v) is 5.88. The fourth-order valence-electron chi connectivity index (χ4n) is 3.37. The lowest BCUT2D eigenvalue weighted by Gasteiger charge is -2.35. The lowest BCUT2D eigenvalue weighted by molar-refractivity contribution is 0.133. The predicted octanol–water partition coefficient (Wildman–Crippen LogP) is 3.90. The van der Waals surface area contributed by atoms with Crippen LogP contribution in [0.25, 0.3) is 0 Å². The van der Waals surface area contributed by atoms with Crippen LogP contribution in [0.2, 0.25) is 0 Å². The number of aryl methyl sites for hydroxylation is 1. The molecule has 1 aliphatic heterocycles. The standard InChI is InChI=1S/C19H27N3OS/c1-21(2)19-20-13-18(24-19)14-22-12-4-3-5-16(22)9-6-15-7-10-17(23)11-8-15/h7-8,10-11,13,16,23H,3-6,9,12,14H2,1-2H3/t16-/m1/s1. The minimum absolute atomic E-state index is 0.347. The van der Waals surface area contributed by atoms with Gasteiger partial charge in [-0.3, -0.25) is 4.90 Å². The van der Waals surface area contributed by atoms with Gasteiger partial charge in [-0.25, -0.2) is 4.98 Å². The van der Waals surface area contributed by atoms with Crippen LogP contribution in [-0.4, -0.2) is 41.7 Å². The molecule has 1 aromatic carbocycles. The molecule has 1 N–H and O–H groups in total. The minimum Gasteiger partial charge on any atom is -0.508 e. The van der Waals surface area contributed by atoms with Crippen molar-refractivity contribution in [1.82, 2.24) is 9.88 Å². The number of likely N-dealkylation sites (tertiary alicyclic amines) is 1. The molecule has 2 heterocycles. The van der Waals surface area contributed by atoms with Crippen LogP contribution in [0.1, 0.15) is 36.1 Å². The molecule has 0 saturated carbocycles. The van der Waals surface area contributed by atoms with E-state index in [0.29, 0.717) is 11.8 Å². The minimum atomic E-state index is 0.347. The quantitative estimate of drug-likeness (QED) is 0.862. The summed E-state index contributed by atoms with van der Waals surface area (Å²) in [5, 5.41) is 10.5. The van der Waals surface area contributed by atoms with Gasteiger partial charge in [-0.05, 0) is 49.9 Å². The average molecular weight is 346 g/mol. The number of phenolic OH excluding ortho intramolecular Hbond substituents is 1. The summed E-state index contributed by atoms with van der Waals surface area (Å²) in [4.78, 5) is 10.6. The van der Waals surface area contributed by atoms with Crippen LogP contribution < -0.4 is 4.90 Å². The number of aromatic nitrogens is 1. The van der Waals surface area contributed by atoms with Crippen LogP contribution in [0.3, 0.4) is 0 Å². The number of phenols is 1. The van der Waals surface area contributed by atoms with Crippen molar-refractivity contribution in [2.24, 2.45) is 0 Å². The van der Waals surface area contributed by atoms with Crippen LogP contribution in [0.4, 0.5) is 5.13 Å². The van der Waals surface area contributed by atoms with E-state index in [1.165, 1.54) is 42.7 Å². The molecule has 130 valence electrons. The summed E-state index contributed by atoms with van der Waals surface area (Å²) in [6, 6.07) is 8.30. The second kappa shape index (κ2) is 7.99. The molecule has 24 heavy (non-hydrogen) atoms. The van der Waals surface area contributed by atoms with E-state index < -0.39 is 0 Å². The molecular weight excluding hydrogens is 318 g/mol. The van der Waals surface area contributed by atoms with E-state index in [-0.39, 0.29) is 0 Å². The lowest BCUT2D eigenvalue weighted by atomic mass is 9.96. The van der Waals surface area contributed by atoms with Gasteiger partial charge in [-0.2, -0.15) is 0 Å². The Hall–Kier alpha value is -1.59. The molecule has 2 aromatic rings. The fraction of sp³-hybridized carbons (Fsp3) is 0.526. The first-order chi connectivity index (χ1) is 11.6. The Kier molecular flexibility index (Phi) is 5.74. The van der Waals surface area contributed by atoms with Crippen LogP contribution in [0, 0.1) is 0 Å². The zero-order valence-corrected chi connectivity index (χ0v) is 15.4. The Balaban J connectivity index is 1.59. The molecule has 0 aliphatic carbocycles. The summed E-state index contributed by atoms with van der Waals surface area (Å²) in [5.41, 5.74) is 1.31. The van der Waals surface area contributed by atoms with Gasteiger partial charge in [-0.15, -0.1) is 11.3 Å². The molecule has 0 unspecified atom stereocenters. The van der Waals surface area contributed by atoms with E-state index in [2.05, 4.69) is 14.8 Å². The molecule has 0 spiro atoms. The summed E-state index contributed by atoms with van der Waals surface area (Å²) < 4.78 is 0. The molecule has 1 saturated heterocycles. The van der Waals surface area contributed by atoms with Crippen molar-refractivity contribution in [2.45, 2.75) is 44.7 Å². The number of hydrogen-bond donors (Lipinski definition) is 1. The SMILES string of the molecule is CN(C)c1ncc(CN2CCCC[C@@H]2CCc2ccc(O)cc2)s1. The molecular formula is C19H27N3OS. The number of nitrogens with zero attached hydrogens (tertiary/aromatic N) is 3. The summed E-state index contributed by atoms with van der Waals surface area (Å²) in [6.07, 6.45) is 8.22. The number of hydrogen-bond acceptors (Lipinski definition) is 5. The van der Waals surface area contributed by atoms with E-state index in [1.807, 2.05) is 32.4 Å². The Morgan fingerprint density at radius 2 is 2.04 bits per heavy atom. The number of thiazole rings is 1. The van der Waals surface area contributed by atoms with Crippen LogP contribution >= 0.6 is 11.3 Å². The monoisotopic (exact) mass is 345 g/mol. The maximum Gasteiger partial charge on any atom is 0.185 e. The number of piperidine rings is 1. The molecule has 1 fully saturated rings. The molecule has 1 aromatic heterocycles. The van der Waals surface area contributed by atoms with Gasteiger partial charge in [0.05, 0.1) is 0 Å². The second-order valence-corrected chi connectivity index (χ2v) is 7.92. The van der Waals surface area contributed by atoms with Crippen molar-refractivity contribution in [3.8, 4) is 5.75 Å². The number of anilines is 1. The van der Waals surface area contributed by atoms with E-state index >= 15 is 0 Å². The van der Waals surface area contributed by atoms with Gasteiger partial charge < -0.3 is 10.0 Å². The first-order valence-electron chi connectivity index (χ1n) is 8.76. The molecule has 3 rings (SSSR count). The maximum atomic E-state index is 9.40. The number of aromatic hydroxyl groups is 1. The van der Waals surface area contributed by atoms with Gasteiger partial charge in [0.15, 0.2) is 5.13 Å². The van der Waals surface area contributed by atoms with Gasteiger partial charge in [0.2, 0.25) is 0 Å². The van der Waals surface area contributed by atoms with Gasteiger partial charge in [0.25, 0.3) is 0 Å². The number of benzene rings is 1. The van der Waals surface area contributed by atoms with Gasteiger partial charge in [0.1, 0.15) is 5.75 Å². The summed E-state index contributed by atoms with van der Waals surface area (Å²) >= 11 is 1.80. The molecule has 5 heteroatoms. The van der Waals surface area contributed by atoms with Gasteiger partial charge >= 0.3 is 0 Å². The molecule has 0 bridgehead atoms. The molecule has 0 radical (unpaired) electrons. The highest BCUT2D eigenvalue weighted by atomic mass is 32.1. The van der Waals surface area contributed by atoms with E-state index in [9.17, 15) is 5.11 Å². The highest BCUT2D eigenvalue weighted by molar-refractivity contribution is 7.15.